The second-order valence-electron chi connectivity index (χ2n) is 3.24. The van der Waals surface area contributed by atoms with Crippen LogP contribution in [-0.4, -0.2) is 31.8 Å². The molecule has 0 amide bonds. The van der Waals surface area contributed by atoms with E-state index in [4.69, 9.17) is 4.55 Å². The number of hydrogen-bond donors (Lipinski definition) is 2. The van der Waals surface area contributed by atoms with Gasteiger partial charge in [0.15, 0.2) is 0 Å². The molecule has 1 aromatic rings. The number of rotatable bonds is 7. The summed E-state index contributed by atoms with van der Waals surface area (Å²) in [5, 5.41) is 3.11. The smallest absolute Gasteiger partial charge is 0.316 e. The Morgan fingerprint density at radius 1 is 1.19 bits per heavy atom. The van der Waals surface area contributed by atoms with E-state index in [9.17, 15) is 8.42 Å². The van der Waals surface area contributed by atoms with Gasteiger partial charge in [-0.2, -0.15) is 8.42 Å². The van der Waals surface area contributed by atoms with Gasteiger partial charge in [0.1, 0.15) is 0 Å². The molecule has 0 aliphatic rings. The largest absolute Gasteiger partial charge is 0.319 e. The van der Waals surface area contributed by atoms with Crippen LogP contribution in [0, 0.1) is 0 Å². The molecule has 0 saturated heterocycles. The lowest BCUT2D eigenvalue weighted by atomic mass is 10.1. The predicted octanol–water partition coefficient (Wildman–Crippen LogP) is 1.35. The van der Waals surface area contributed by atoms with Crippen LogP contribution in [0.3, 0.4) is 0 Å². The van der Waals surface area contributed by atoms with Gasteiger partial charge >= 0.3 is 9.15 Å². The molecule has 0 fully saturated rings. The highest BCUT2D eigenvalue weighted by Gasteiger charge is 2.03. The van der Waals surface area contributed by atoms with Crippen molar-refractivity contribution in [2.24, 2.45) is 0 Å². The van der Waals surface area contributed by atoms with Crippen molar-refractivity contribution in [1.82, 2.24) is 5.32 Å². The summed E-state index contributed by atoms with van der Waals surface area (Å²) in [6.07, 6.45) is 0.914. The van der Waals surface area contributed by atoms with Gasteiger partial charge in [0.25, 0.3) is 0 Å². The minimum absolute atomic E-state index is 0.355. The van der Waals surface area contributed by atoms with Gasteiger partial charge in [-0.15, -0.1) is 0 Å². The van der Waals surface area contributed by atoms with Crippen LogP contribution < -0.4 is 5.32 Å². The molecule has 0 aliphatic heterocycles. The summed E-state index contributed by atoms with van der Waals surface area (Å²) >= 11 is 0. The molecule has 90 valence electrons. The fraction of sp³-hybridized carbons (Fsp3) is 0.400. The fourth-order valence-corrected chi connectivity index (χ4v) is 2.54. The summed E-state index contributed by atoms with van der Waals surface area (Å²) in [5.41, 5.74) is 1.25. The highest BCUT2D eigenvalue weighted by molar-refractivity contribution is 8.69. The van der Waals surface area contributed by atoms with Crippen molar-refractivity contribution < 1.29 is 13.0 Å². The van der Waals surface area contributed by atoms with Crippen molar-refractivity contribution in [2.45, 2.75) is 6.42 Å². The van der Waals surface area contributed by atoms with E-state index in [0.717, 1.165) is 13.0 Å². The molecule has 0 aliphatic carbocycles. The lowest BCUT2D eigenvalue weighted by Crippen LogP contribution is -2.20. The summed E-state index contributed by atoms with van der Waals surface area (Å²) in [6.45, 7) is 1.37. The minimum atomic E-state index is -3.89. The standard InChI is InChI=1S/C10H15NO3S2/c12-16(13,14)15-9-8-11-7-6-10-4-2-1-3-5-10/h1-5,11H,6-9H2,(H,12,13,14). The van der Waals surface area contributed by atoms with Gasteiger partial charge in [0.05, 0.1) is 0 Å². The zero-order chi connectivity index (χ0) is 11.9. The van der Waals surface area contributed by atoms with Crippen LogP contribution in [0.1, 0.15) is 5.56 Å². The molecular weight excluding hydrogens is 246 g/mol. The van der Waals surface area contributed by atoms with Gasteiger partial charge in [-0.1, -0.05) is 30.3 Å². The maximum Gasteiger partial charge on any atom is 0.319 e. The van der Waals surface area contributed by atoms with Gasteiger partial charge in [-0.25, -0.2) is 0 Å². The summed E-state index contributed by atoms with van der Waals surface area (Å²) in [4.78, 5) is 0. The first kappa shape index (κ1) is 13.5. The van der Waals surface area contributed by atoms with E-state index < -0.39 is 9.15 Å². The highest BCUT2D eigenvalue weighted by atomic mass is 33.1. The Hall–Kier alpha value is -0.560. The molecule has 2 N–H and O–H groups in total. The molecule has 1 rings (SSSR count). The molecule has 0 radical (unpaired) electrons. The Kier molecular flexibility index (Phi) is 5.83. The highest BCUT2D eigenvalue weighted by Crippen LogP contribution is 2.06. The van der Waals surface area contributed by atoms with Crippen LogP contribution in [0.2, 0.25) is 0 Å². The zero-order valence-electron chi connectivity index (χ0n) is 8.80. The molecule has 0 atom stereocenters. The van der Waals surface area contributed by atoms with Gasteiger partial charge in [-0.05, 0) is 29.3 Å². The predicted molar refractivity (Wildman–Crippen MR) is 67.0 cm³/mol. The fourth-order valence-electron chi connectivity index (χ4n) is 1.22. The molecule has 4 nitrogen and oxygen atoms in total. The minimum Gasteiger partial charge on any atom is -0.316 e. The molecule has 0 heterocycles. The van der Waals surface area contributed by atoms with E-state index in [1.165, 1.54) is 5.56 Å². The Balaban J connectivity index is 2.05. The third-order valence-electron chi connectivity index (χ3n) is 1.94. The zero-order valence-corrected chi connectivity index (χ0v) is 10.4. The lowest BCUT2D eigenvalue weighted by Gasteiger charge is -2.03. The van der Waals surface area contributed by atoms with Gasteiger partial charge < -0.3 is 5.32 Å². The van der Waals surface area contributed by atoms with Gasteiger partial charge in [0.2, 0.25) is 0 Å². The Morgan fingerprint density at radius 2 is 1.88 bits per heavy atom. The summed E-state index contributed by atoms with van der Waals surface area (Å²) in [7, 11) is -3.34. The molecule has 1 aromatic carbocycles. The molecule has 0 saturated carbocycles. The molecule has 0 unspecified atom stereocenters. The molecule has 0 aromatic heterocycles. The second kappa shape index (κ2) is 6.90. The first-order valence-corrected chi connectivity index (χ1v) is 7.89. The van der Waals surface area contributed by atoms with Crippen LogP contribution in [0.15, 0.2) is 30.3 Å². The quantitative estimate of drug-likeness (QED) is 0.441. The summed E-state index contributed by atoms with van der Waals surface area (Å²) in [5.74, 6) is 0.355. The van der Waals surface area contributed by atoms with E-state index >= 15 is 0 Å². The van der Waals surface area contributed by atoms with Crippen molar-refractivity contribution in [3.8, 4) is 0 Å². The molecule has 16 heavy (non-hydrogen) atoms. The Bertz CT molecular complexity index is 392. The van der Waals surface area contributed by atoms with E-state index in [1.807, 2.05) is 18.2 Å². The topological polar surface area (TPSA) is 66.4 Å². The Morgan fingerprint density at radius 3 is 2.50 bits per heavy atom. The summed E-state index contributed by atoms with van der Waals surface area (Å²) < 4.78 is 29.2. The average Bonchev–Trinajstić information content (AvgIpc) is 2.23. The van der Waals surface area contributed by atoms with E-state index in [0.29, 0.717) is 23.1 Å². The first-order valence-electron chi connectivity index (χ1n) is 4.94. The second-order valence-corrected chi connectivity index (χ2v) is 6.71. The maximum absolute atomic E-state index is 10.4. The van der Waals surface area contributed by atoms with Crippen molar-refractivity contribution in [3.63, 3.8) is 0 Å². The van der Waals surface area contributed by atoms with Crippen LogP contribution in [0.4, 0.5) is 0 Å². The third kappa shape index (κ3) is 6.84. The van der Waals surface area contributed by atoms with Crippen LogP contribution in [-0.2, 0) is 15.6 Å². The number of nitrogens with one attached hydrogen (secondary N) is 1. The maximum atomic E-state index is 10.4. The number of benzene rings is 1. The monoisotopic (exact) mass is 261 g/mol. The molecule has 0 bridgehead atoms. The normalized spacial score (nSPS) is 11.6. The SMILES string of the molecule is O=S(=O)(O)SCCNCCc1ccccc1. The van der Waals surface area contributed by atoms with E-state index in [1.54, 1.807) is 0 Å². The lowest BCUT2D eigenvalue weighted by molar-refractivity contribution is 0.503. The van der Waals surface area contributed by atoms with Crippen molar-refractivity contribution >= 4 is 19.9 Å². The molecular formula is C10H15NO3S2. The van der Waals surface area contributed by atoms with Crippen molar-refractivity contribution in [1.29, 1.82) is 0 Å². The van der Waals surface area contributed by atoms with Crippen LogP contribution >= 0.6 is 10.8 Å². The van der Waals surface area contributed by atoms with Crippen molar-refractivity contribution in [3.05, 3.63) is 35.9 Å². The molecule has 0 spiro atoms. The van der Waals surface area contributed by atoms with Crippen molar-refractivity contribution in [2.75, 3.05) is 18.8 Å². The summed E-state index contributed by atoms with van der Waals surface area (Å²) in [6, 6.07) is 10.1. The Labute approximate surface area is 99.6 Å². The number of hydrogen-bond acceptors (Lipinski definition) is 4. The van der Waals surface area contributed by atoms with Gasteiger partial charge in [-0.3, -0.25) is 4.55 Å². The van der Waals surface area contributed by atoms with Gasteiger partial charge in [0, 0.05) is 12.3 Å². The third-order valence-corrected chi connectivity index (χ3v) is 4.01. The first-order chi connectivity index (χ1) is 7.58. The van der Waals surface area contributed by atoms with E-state index in [-0.39, 0.29) is 0 Å². The average molecular weight is 261 g/mol. The van der Waals surface area contributed by atoms with Crippen LogP contribution in [0.5, 0.6) is 0 Å². The van der Waals surface area contributed by atoms with Crippen LogP contribution in [0.25, 0.3) is 0 Å². The van der Waals surface area contributed by atoms with E-state index in [2.05, 4.69) is 17.4 Å². The molecule has 6 heteroatoms.